The van der Waals surface area contributed by atoms with Crippen LogP contribution in [0.1, 0.15) is 19.4 Å². The van der Waals surface area contributed by atoms with E-state index in [2.05, 4.69) is 0 Å². The van der Waals surface area contributed by atoms with Crippen molar-refractivity contribution in [2.75, 3.05) is 7.11 Å². The van der Waals surface area contributed by atoms with E-state index < -0.39 is 11.0 Å². The van der Waals surface area contributed by atoms with Crippen LogP contribution in [0.4, 0.5) is 0 Å². The van der Waals surface area contributed by atoms with E-state index in [4.69, 9.17) is 13.9 Å². The van der Waals surface area contributed by atoms with Gasteiger partial charge in [0, 0.05) is 11.6 Å². The molecule has 0 saturated carbocycles. The van der Waals surface area contributed by atoms with Gasteiger partial charge < -0.3 is 29.2 Å². The molecule has 1 aliphatic heterocycles. The summed E-state index contributed by atoms with van der Waals surface area (Å²) >= 11 is 0. The van der Waals surface area contributed by atoms with Crippen molar-refractivity contribution in [3.05, 3.63) is 46.1 Å². The lowest BCUT2D eigenvalue weighted by molar-refractivity contribution is 0.158. The van der Waals surface area contributed by atoms with Gasteiger partial charge in [0.1, 0.15) is 22.5 Å². The number of rotatable bonds is 2. The van der Waals surface area contributed by atoms with Gasteiger partial charge in [0.2, 0.25) is 11.2 Å². The molecule has 0 aliphatic carbocycles. The zero-order chi connectivity index (χ0) is 20.2. The molecule has 1 aliphatic rings. The topological polar surface area (TPSA) is 109 Å². The van der Waals surface area contributed by atoms with Crippen molar-refractivity contribution in [3.63, 3.8) is 0 Å². The molecule has 0 spiro atoms. The van der Waals surface area contributed by atoms with Crippen LogP contribution in [0.2, 0.25) is 0 Å². The quantitative estimate of drug-likeness (QED) is 0.579. The molecule has 7 heteroatoms. The van der Waals surface area contributed by atoms with Crippen LogP contribution in [0.5, 0.6) is 28.7 Å². The molecule has 4 rings (SSSR count). The van der Waals surface area contributed by atoms with Crippen LogP contribution in [0.15, 0.2) is 39.6 Å². The van der Waals surface area contributed by atoms with Gasteiger partial charge in [-0.2, -0.15) is 0 Å². The minimum atomic E-state index is -0.578. The van der Waals surface area contributed by atoms with E-state index in [-0.39, 0.29) is 39.7 Å². The summed E-state index contributed by atoms with van der Waals surface area (Å²) in [4.78, 5) is 13.0. The lowest BCUT2D eigenvalue weighted by atomic mass is 9.99. The second-order valence-electron chi connectivity index (χ2n) is 7.05. The number of methoxy groups -OCH3 is 1. The Kier molecular flexibility index (Phi) is 3.78. The average Bonchev–Trinajstić information content (AvgIpc) is 2.62. The normalized spacial score (nSPS) is 14.5. The molecule has 3 N–H and O–H groups in total. The van der Waals surface area contributed by atoms with E-state index >= 15 is 0 Å². The van der Waals surface area contributed by atoms with Crippen molar-refractivity contribution < 1.29 is 29.2 Å². The van der Waals surface area contributed by atoms with Crippen LogP contribution in [0, 0.1) is 0 Å². The molecule has 3 aromatic rings. The molecule has 144 valence electrons. The molecule has 0 atom stereocenters. The van der Waals surface area contributed by atoms with Gasteiger partial charge in [0.25, 0.3) is 0 Å². The first-order valence-electron chi connectivity index (χ1n) is 8.53. The fourth-order valence-corrected chi connectivity index (χ4v) is 3.21. The van der Waals surface area contributed by atoms with Crippen LogP contribution in [0.25, 0.3) is 28.4 Å². The highest BCUT2D eigenvalue weighted by Gasteiger charge is 2.28. The summed E-state index contributed by atoms with van der Waals surface area (Å²) in [5.74, 6) is -0.655. The molecule has 7 nitrogen and oxygen atoms in total. The highest BCUT2D eigenvalue weighted by Crippen LogP contribution is 2.43. The number of aromatic hydroxyl groups is 3. The summed E-state index contributed by atoms with van der Waals surface area (Å²) < 4.78 is 17.1. The van der Waals surface area contributed by atoms with Crippen LogP contribution in [-0.4, -0.2) is 28.0 Å². The summed E-state index contributed by atoms with van der Waals surface area (Å²) in [6.45, 7) is 3.73. The molecular weight excluding hydrogens is 364 g/mol. The lowest BCUT2D eigenvalue weighted by Gasteiger charge is -2.28. The van der Waals surface area contributed by atoms with Crippen LogP contribution in [0.3, 0.4) is 0 Å². The maximum atomic E-state index is 13.0. The second-order valence-corrected chi connectivity index (χ2v) is 7.05. The molecule has 0 radical (unpaired) electrons. The highest BCUT2D eigenvalue weighted by atomic mass is 16.5. The zero-order valence-corrected chi connectivity index (χ0v) is 15.4. The fraction of sp³-hybridized carbons (Fsp3) is 0.190. The maximum Gasteiger partial charge on any atom is 0.239 e. The molecule has 1 aromatic heterocycles. The Bertz CT molecular complexity index is 1200. The third kappa shape index (κ3) is 2.63. The Labute approximate surface area is 159 Å². The first-order chi connectivity index (χ1) is 13.2. The number of phenolic OH excluding ortho intramolecular Hbond substituents is 3. The van der Waals surface area contributed by atoms with Gasteiger partial charge in [-0.15, -0.1) is 0 Å². The van der Waals surface area contributed by atoms with E-state index in [1.165, 1.54) is 31.4 Å². The summed E-state index contributed by atoms with van der Waals surface area (Å²) in [5.41, 5.74) is -0.175. The smallest absolute Gasteiger partial charge is 0.239 e. The number of hydrogen-bond acceptors (Lipinski definition) is 7. The number of hydrogen-bond donors (Lipinski definition) is 3. The van der Waals surface area contributed by atoms with E-state index in [0.29, 0.717) is 16.9 Å². The van der Waals surface area contributed by atoms with Crippen molar-refractivity contribution >= 4 is 17.0 Å². The second kappa shape index (κ2) is 5.95. The zero-order valence-electron chi connectivity index (χ0n) is 15.4. The minimum absolute atomic E-state index is 0.0321. The molecule has 2 heterocycles. The average molecular weight is 382 g/mol. The molecular formula is C21H18O7. The fourth-order valence-electron chi connectivity index (χ4n) is 3.21. The first kappa shape index (κ1) is 17.8. The molecule has 28 heavy (non-hydrogen) atoms. The first-order valence-corrected chi connectivity index (χ1v) is 8.53. The van der Waals surface area contributed by atoms with Crippen LogP contribution >= 0.6 is 0 Å². The SMILES string of the molecule is COc1c(-c2ccc(O)c(O)c2)oc2c3c(cc(O)c2c1=O)OC(C)(C)C=C3. The summed E-state index contributed by atoms with van der Waals surface area (Å²) in [7, 11) is 1.31. The number of ether oxygens (including phenoxy) is 2. The van der Waals surface area contributed by atoms with Crippen molar-refractivity contribution in [1.82, 2.24) is 0 Å². The minimum Gasteiger partial charge on any atom is -0.507 e. The van der Waals surface area contributed by atoms with Gasteiger partial charge in [-0.25, -0.2) is 0 Å². The summed E-state index contributed by atoms with van der Waals surface area (Å²) in [6.07, 6.45) is 3.59. The monoisotopic (exact) mass is 382 g/mol. The number of fused-ring (bicyclic) bond motifs is 3. The Hall–Kier alpha value is -3.61. The van der Waals surface area contributed by atoms with Gasteiger partial charge in [-0.1, -0.05) is 0 Å². The lowest BCUT2D eigenvalue weighted by Crippen LogP contribution is -2.27. The predicted octanol–water partition coefficient (Wildman–Crippen LogP) is 3.77. The standard InChI is InChI=1S/C21H18O7/c1-21(2)7-6-11-15(28-21)9-14(24)16-17(25)20(26-3)18(27-19(11)16)10-4-5-12(22)13(23)8-10/h4-9,22-24H,1-3H3. The molecule has 0 unspecified atom stereocenters. The van der Waals surface area contributed by atoms with Gasteiger partial charge in [-0.3, -0.25) is 4.79 Å². The summed E-state index contributed by atoms with van der Waals surface area (Å²) in [6, 6.07) is 5.39. The Morgan fingerprint density at radius 3 is 2.46 bits per heavy atom. The van der Waals surface area contributed by atoms with Crippen molar-refractivity contribution in [1.29, 1.82) is 0 Å². The van der Waals surface area contributed by atoms with Crippen LogP contribution < -0.4 is 14.9 Å². The van der Waals surface area contributed by atoms with Crippen molar-refractivity contribution in [2.24, 2.45) is 0 Å². The van der Waals surface area contributed by atoms with E-state index in [1.54, 1.807) is 6.08 Å². The molecule has 0 saturated heterocycles. The third-order valence-corrected chi connectivity index (χ3v) is 4.57. The summed E-state index contributed by atoms with van der Waals surface area (Å²) in [5, 5.41) is 29.8. The van der Waals surface area contributed by atoms with E-state index in [1.807, 2.05) is 19.9 Å². The predicted molar refractivity (Wildman–Crippen MR) is 103 cm³/mol. The van der Waals surface area contributed by atoms with Crippen LogP contribution in [-0.2, 0) is 0 Å². The van der Waals surface area contributed by atoms with Gasteiger partial charge in [-0.05, 0) is 44.2 Å². The Morgan fingerprint density at radius 2 is 1.79 bits per heavy atom. The Morgan fingerprint density at radius 1 is 1.04 bits per heavy atom. The molecule has 0 fully saturated rings. The van der Waals surface area contributed by atoms with E-state index in [9.17, 15) is 20.1 Å². The largest absolute Gasteiger partial charge is 0.507 e. The molecule has 0 bridgehead atoms. The van der Waals surface area contributed by atoms with Gasteiger partial charge in [0.15, 0.2) is 22.8 Å². The van der Waals surface area contributed by atoms with Crippen molar-refractivity contribution in [2.45, 2.75) is 19.4 Å². The van der Waals surface area contributed by atoms with Gasteiger partial charge in [0.05, 0.1) is 12.7 Å². The highest BCUT2D eigenvalue weighted by molar-refractivity contribution is 5.95. The maximum absolute atomic E-state index is 13.0. The van der Waals surface area contributed by atoms with Crippen molar-refractivity contribution in [3.8, 4) is 40.1 Å². The third-order valence-electron chi connectivity index (χ3n) is 4.57. The molecule has 0 amide bonds. The Balaban J connectivity index is 2.10. The number of benzene rings is 2. The van der Waals surface area contributed by atoms with E-state index in [0.717, 1.165) is 0 Å². The molecule has 2 aromatic carbocycles. The van der Waals surface area contributed by atoms with Gasteiger partial charge >= 0.3 is 0 Å². The number of phenols is 3.